The van der Waals surface area contributed by atoms with Crippen molar-refractivity contribution in [1.82, 2.24) is 10.6 Å². The van der Waals surface area contributed by atoms with E-state index in [1.165, 1.54) is 5.56 Å². The number of sulfone groups is 1. The van der Waals surface area contributed by atoms with Gasteiger partial charge in [-0.25, -0.2) is 8.42 Å². The average molecular weight is 340 g/mol. The van der Waals surface area contributed by atoms with Crippen molar-refractivity contribution < 1.29 is 8.42 Å². The van der Waals surface area contributed by atoms with Crippen LogP contribution in [-0.2, 0) is 16.3 Å². The van der Waals surface area contributed by atoms with Crippen LogP contribution in [0.5, 0.6) is 0 Å². The lowest BCUT2D eigenvalue weighted by molar-refractivity contribution is 0.591. The van der Waals surface area contributed by atoms with E-state index in [-0.39, 0.29) is 24.1 Å². The monoisotopic (exact) mass is 339 g/mol. The highest BCUT2D eigenvalue weighted by molar-refractivity contribution is 7.91. The van der Waals surface area contributed by atoms with Gasteiger partial charge in [-0.3, -0.25) is 4.99 Å². The van der Waals surface area contributed by atoms with E-state index in [2.05, 4.69) is 34.7 Å². The second-order valence-corrected chi connectivity index (χ2v) is 8.04. The van der Waals surface area contributed by atoms with Gasteiger partial charge in [-0.15, -0.1) is 0 Å². The van der Waals surface area contributed by atoms with Gasteiger partial charge >= 0.3 is 0 Å². The lowest BCUT2D eigenvalue weighted by atomic mass is 10.1. The van der Waals surface area contributed by atoms with Gasteiger partial charge in [-0.1, -0.05) is 37.3 Å². The summed E-state index contributed by atoms with van der Waals surface area (Å²) in [6, 6.07) is 10.6. The van der Waals surface area contributed by atoms with Crippen LogP contribution in [0.15, 0.2) is 35.3 Å². The molecule has 130 valence electrons. The maximum atomic E-state index is 11.5. The normalized spacial score (nSPS) is 13.6. The zero-order valence-corrected chi connectivity index (χ0v) is 15.2. The molecule has 0 aliphatic carbocycles. The topological polar surface area (TPSA) is 70.6 Å². The number of nitrogens with zero attached hydrogens (tertiary/aromatic N) is 1. The third kappa shape index (κ3) is 8.59. The summed E-state index contributed by atoms with van der Waals surface area (Å²) in [7, 11) is -2.97. The molecule has 0 saturated heterocycles. The predicted octanol–water partition coefficient (Wildman–Crippen LogP) is 2.00. The fourth-order valence-electron chi connectivity index (χ4n) is 2.09. The zero-order chi connectivity index (χ0) is 17.1. The molecule has 0 fully saturated rings. The van der Waals surface area contributed by atoms with Crippen LogP contribution in [0, 0.1) is 0 Å². The number of aryl methyl sites for hydroxylation is 1. The third-order valence-electron chi connectivity index (χ3n) is 3.55. The first-order chi connectivity index (χ1) is 11.0. The standard InChI is InChI=1S/C17H29N3O2S/c1-4-18-17(19-13-14-23(21,22)5-2)20-15(3)11-12-16-9-7-6-8-10-16/h6-10,15H,4-5,11-14H2,1-3H3,(H2,18,19,20). The number of aliphatic imine (C=N–C) groups is 1. The Labute approximate surface area is 140 Å². The molecular weight excluding hydrogens is 310 g/mol. The summed E-state index contributed by atoms with van der Waals surface area (Å²) in [4.78, 5) is 4.36. The fourth-order valence-corrected chi connectivity index (χ4v) is 2.75. The number of nitrogens with one attached hydrogen (secondary N) is 2. The van der Waals surface area contributed by atoms with E-state index in [0.29, 0.717) is 5.96 Å². The molecule has 0 aromatic heterocycles. The SMILES string of the molecule is CCNC(=NCCS(=O)(=O)CC)NC(C)CCc1ccccc1. The molecule has 0 heterocycles. The summed E-state index contributed by atoms with van der Waals surface area (Å²) in [5, 5.41) is 6.50. The molecule has 0 aliphatic rings. The minimum atomic E-state index is -2.97. The van der Waals surface area contributed by atoms with Crippen LogP contribution in [0.25, 0.3) is 0 Å². The molecule has 1 unspecified atom stereocenters. The van der Waals surface area contributed by atoms with Gasteiger partial charge in [0, 0.05) is 18.3 Å². The molecule has 1 aromatic carbocycles. The third-order valence-corrected chi connectivity index (χ3v) is 5.23. The molecule has 1 aromatic rings. The van der Waals surface area contributed by atoms with E-state index in [9.17, 15) is 8.42 Å². The smallest absolute Gasteiger partial charge is 0.191 e. The number of hydrogen-bond acceptors (Lipinski definition) is 3. The number of hydrogen-bond donors (Lipinski definition) is 2. The van der Waals surface area contributed by atoms with Crippen LogP contribution in [0.4, 0.5) is 0 Å². The summed E-state index contributed by atoms with van der Waals surface area (Å²) in [6.07, 6.45) is 1.99. The lowest BCUT2D eigenvalue weighted by Crippen LogP contribution is -2.42. The maximum absolute atomic E-state index is 11.5. The largest absolute Gasteiger partial charge is 0.357 e. The average Bonchev–Trinajstić information content (AvgIpc) is 2.54. The molecule has 2 N–H and O–H groups in total. The van der Waals surface area contributed by atoms with Crippen molar-refractivity contribution in [2.75, 3.05) is 24.6 Å². The van der Waals surface area contributed by atoms with Crippen molar-refractivity contribution in [2.45, 2.75) is 39.7 Å². The quantitative estimate of drug-likeness (QED) is 0.533. The van der Waals surface area contributed by atoms with Crippen molar-refractivity contribution in [3.8, 4) is 0 Å². The van der Waals surface area contributed by atoms with E-state index >= 15 is 0 Å². The van der Waals surface area contributed by atoms with E-state index in [0.717, 1.165) is 19.4 Å². The zero-order valence-electron chi connectivity index (χ0n) is 14.4. The molecule has 0 amide bonds. The molecule has 0 bridgehead atoms. The van der Waals surface area contributed by atoms with E-state index in [1.54, 1.807) is 6.92 Å². The summed E-state index contributed by atoms with van der Waals surface area (Å²) in [6.45, 7) is 6.80. The molecule has 1 atom stereocenters. The van der Waals surface area contributed by atoms with Crippen LogP contribution in [0.2, 0.25) is 0 Å². The van der Waals surface area contributed by atoms with Crippen LogP contribution < -0.4 is 10.6 Å². The van der Waals surface area contributed by atoms with Crippen LogP contribution in [0.3, 0.4) is 0 Å². The van der Waals surface area contributed by atoms with Gasteiger partial charge in [-0.2, -0.15) is 0 Å². The van der Waals surface area contributed by atoms with Crippen molar-refractivity contribution >= 4 is 15.8 Å². The summed E-state index contributed by atoms with van der Waals surface area (Å²) >= 11 is 0. The van der Waals surface area contributed by atoms with E-state index in [1.807, 2.05) is 25.1 Å². The van der Waals surface area contributed by atoms with Crippen molar-refractivity contribution in [3.05, 3.63) is 35.9 Å². The highest BCUT2D eigenvalue weighted by Crippen LogP contribution is 2.04. The van der Waals surface area contributed by atoms with Gasteiger partial charge in [0.25, 0.3) is 0 Å². The minimum absolute atomic E-state index is 0.0957. The first-order valence-corrected chi connectivity index (χ1v) is 10.1. The molecule has 0 saturated carbocycles. The Kier molecular flexibility index (Phi) is 8.69. The van der Waals surface area contributed by atoms with Crippen molar-refractivity contribution in [2.24, 2.45) is 4.99 Å². The van der Waals surface area contributed by atoms with Gasteiger partial charge < -0.3 is 10.6 Å². The fraction of sp³-hybridized carbons (Fsp3) is 0.588. The number of guanidine groups is 1. The Bertz CT molecular complexity index is 571. The minimum Gasteiger partial charge on any atom is -0.357 e. The molecule has 0 aliphatic heterocycles. The molecule has 5 nitrogen and oxygen atoms in total. The van der Waals surface area contributed by atoms with Gasteiger partial charge in [0.05, 0.1) is 12.3 Å². The van der Waals surface area contributed by atoms with Crippen molar-refractivity contribution in [1.29, 1.82) is 0 Å². The highest BCUT2D eigenvalue weighted by atomic mass is 32.2. The second-order valence-electron chi connectivity index (χ2n) is 5.57. The van der Waals surface area contributed by atoms with E-state index < -0.39 is 9.84 Å². The van der Waals surface area contributed by atoms with Crippen LogP contribution in [-0.4, -0.2) is 45.0 Å². The molecule has 23 heavy (non-hydrogen) atoms. The summed E-state index contributed by atoms with van der Waals surface area (Å²) < 4.78 is 23.0. The first kappa shape index (κ1) is 19.5. The van der Waals surface area contributed by atoms with Gasteiger partial charge in [0.2, 0.25) is 0 Å². The van der Waals surface area contributed by atoms with Gasteiger partial charge in [0.15, 0.2) is 15.8 Å². The van der Waals surface area contributed by atoms with Gasteiger partial charge in [0.1, 0.15) is 0 Å². The Morgan fingerprint density at radius 3 is 2.52 bits per heavy atom. The molecule has 0 radical (unpaired) electrons. The van der Waals surface area contributed by atoms with Crippen LogP contribution in [0.1, 0.15) is 32.8 Å². The van der Waals surface area contributed by atoms with Crippen LogP contribution >= 0.6 is 0 Å². The maximum Gasteiger partial charge on any atom is 0.191 e. The predicted molar refractivity (Wildman–Crippen MR) is 97.7 cm³/mol. The highest BCUT2D eigenvalue weighted by Gasteiger charge is 2.08. The second kappa shape index (κ2) is 10.3. The van der Waals surface area contributed by atoms with Crippen molar-refractivity contribution in [3.63, 3.8) is 0 Å². The Morgan fingerprint density at radius 1 is 1.22 bits per heavy atom. The number of rotatable bonds is 9. The van der Waals surface area contributed by atoms with Gasteiger partial charge in [-0.05, 0) is 32.3 Å². The molecular formula is C17H29N3O2S. The Balaban J connectivity index is 2.47. The lowest BCUT2D eigenvalue weighted by Gasteiger charge is -2.18. The number of benzene rings is 1. The molecule has 6 heteroatoms. The Hall–Kier alpha value is -1.56. The molecule has 0 spiro atoms. The first-order valence-electron chi connectivity index (χ1n) is 8.26. The Morgan fingerprint density at radius 2 is 1.91 bits per heavy atom. The summed E-state index contributed by atoms with van der Waals surface area (Å²) in [5.41, 5.74) is 1.32. The summed E-state index contributed by atoms with van der Waals surface area (Å²) in [5.74, 6) is 0.942. The molecule has 1 rings (SSSR count). The van der Waals surface area contributed by atoms with E-state index in [4.69, 9.17) is 0 Å².